The molecule has 0 saturated heterocycles. The third-order valence-corrected chi connectivity index (χ3v) is 3.59. The van der Waals surface area contributed by atoms with Crippen molar-refractivity contribution in [2.45, 2.75) is 32.7 Å². The molecule has 8 heteroatoms. The largest absolute Gasteiger partial charge is 0.497 e. The number of hydrogen-bond donors (Lipinski definition) is 4. The van der Waals surface area contributed by atoms with E-state index in [1.165, 1.54) is 0 Å². The van der Waals surface area contributed by atoms with Crippen LogP contribution in [0.1, 0.15) is 37.0 Å². The minimum atomic E-state index is -0.150. The molecule has 0 aromatic heterocycles. The summed E-state index contributed by atoms with van der Waals surface area (Å²) in [6.07, 6.45) is 0.366. The minimum Gasteiger partial charge on any atom is -0.497 e. The average molecular weight is 378 g/mol. The fraction of sp³-hybridized carbons (Fsp3) is 0.526. The van der Waals surface area contributed by atoms with Crippen molar-refractivity contribution in [1.82, 2.24) is 21.3 Å². The van der Waals surface area contributed by atoms with E-state index in [2.05, 4.69) is 21.3 Å². The van der Waals surface area contributed by atoms with Crippen molar-refractivity contribution in [3.8, 4) is 5.75 Å². The Morgan fingerprint density at radius 3 is 2.07 bits per heavy atom. The molecular weight excluding hydrogens is 348 g/mol. The van der Waals surface area contributed by atoms with E-state index in [1.807, 2.05) is 13.8 Å². The van der Waals surface area contributed by atoms with Crippen LogP contribution in [0.15, 0.2) is 24.3 Å². The maximum Gasteiger partial charge on any atom is 0.251 e. The van der Waals surface area contributed by atoms with E-state index in [-0.39, 0.29) is 36.6 Å². The normalized spacial score (nSPS) is 10.4. The summed E-state index contributed by atoms with van der Waals surface area (Å²) in [5.74, 6) is 0.289. The number of methoxy groups -OCH3 is 1. The molecule has 0 saturated carbocycles. The molecule has 0 spiro atoms. The zero-order chi connectivity index (χ0) is 20.1. The molecule has 0 aliphatic heterocycles. The quantitative estimate of drug-likeness (QED) is 0.395. The van der Waals surface area contributed by atoms with Crippen LogP contribution < -0.4 is 26.0 Å². The number of hydrogen-bond acceptors (Lipinski definition) is 5. The molecule has 1 aromatic carbocycles. The van der Waals surface area contributed by atoms with Crippen molar-refractivity contribution in [2.75, 3.05) is 33.3 Å². The number of benzene rings is 1. The molecular formula is C19H30N4O4. The average Bonchev–Trinajstić information content (AvgIpc) is 2.65. The first-order valence-electron chi connectivity index (χ1n) is 9.11. The van der Waals surface area contributed by atoms with Gasteiger partial charge >= 0.3 is 0 Å². The first-order chi connectivity index (χ1) is 12.9. The molecule has 1 rings (SSSR count). The monoisotopic (exact) mass is 378 g/mol. The lowest BCUT2D eigenvalue weighted by Gasteiger charge is -2.09. The summed E-state index contributed by atoms with van der Waals surface area (Å²) in [5, 5.41) is 11.4. The molecule has 0 aliphatic carbocycles. The van der Waals surface area contributed by atoms with Crippen LogP contribution in [0.5, 0.6) is 5.75 Å². The molecule has 1 aromatic rings. The number of carbonyl (C=O) groups excluding carboxylic acids is 3. The van der Waals surface area contributed by atoms with Gasteiger partial charge in [0.25, 0.3) is 5.91 Å². The molecule has 0 unspecified atom stereocenters. The van der Waals surface area contributed by atoms with Crippen LogP contribution in [0.4, 0.5) is 0 Å². The summed E-state index contributed by atoms with van der Waals surface area (Å²) in [6, 6.07) is 6.97. The molecule has 8 nitrogen and oxygen atoms in total. The predicted molar refractivity (Wildman–Crippen MR) is 104 cm³/mol. The van der Waals surface area contributed by atoms with E-state index < -0.39 is 0 Å². The van der Waals surface area contributed by atoms with Gasteiger partial charge in [0.05, 0.1) is 7.11 Å². The molecule has 150 valence electrons. The zero-order valence-corrected chi connectivity index (χ0v) is 16.3. The Morgan fingerprint density at radius 2 is 1.48 bits per heavy atom. The van der Waals surface area contributed by atoms with Crippen LogP contribution >= 0.6 is 0 Å². The number of nitrogens with one attached hydrogen (secondary N) is 4. The molecule has 27 heavy (non-hydrogen) atoms. The zero-order valence-electron chi connectivity index (χ0n) is 16.3. The molecule has 3 amide bonds. The van der Waals surface area contributed by atoms with Gasteiger partial charge in [-0.15, -0.1) is 0 Å². The van der Waals surface area contributed by atoms with Gasteiger partial charge in [0.1, 0.15) is 5.75 Å². The highest BCUT2D eigenvalue weighted by atomic mass is 16.5. The minimum absolute atomic E-state index is 0.0787. The second-order valence-electron chi connectivity index (χ2n) is 6.31. The fourth-order valence-corrected chi connectivity index (χ4v) is 2.23. The number of rotatable bonds is 12. The number of carbonyl (C=O) groups is 3. The Morgan fingerprint density at radius 1 is 0.889 bits per heavy atom. The molecule has 0 radical (unpaired) electrons. The van der Waals surface area contributed by atoms with Gasteiger partial charge in [-0.25, -0.2) is 0 Å². The Hall–Kier alpha value is -2.61. The van der Waals surface area contributed by atoms with Gasteiger partial charge in [-0.05, 0) is 38.1 Å². The fourth-order valence-electron chi connectivity index (χ4n) is 2.23. The van der Waals surface area contributed by atoms with Crippen LogP contribution in [0.25, 0.3) is 0 Å². The number of ether oxygens (including phenoxy) is 1. The van der Waals surface area contributed by atoms with Crippen molar-refractivity contribution in [2.24, 2.45) is 0 Å². The van der Waals surface area contributed by atoms with Crippen molar-refractivity contribution in [3.63, 3.8) is 0 Å². The van der Waals surface area contributed by atoms with Crippen molar-refractivity contribution in [3.05, 3.63) is 29.8 Å². The third-order valence-electron chi connectivity index (χ3n) is 3.59. The van der Waals surface area contributed by atoms with E-state index in [9.17, 15) is 14.4 Å². The Balaban J connectivity index is 2.04. The maximum atomic E-state index is 11.9. The lowest BCUT2D eigenvalue weighted by molar-refractivity contribution is -0.126. The van der Waals surface area contributed by atoms with Crippen LogP contribution in [0.2, 0.25) is 0 Å². The Labute approximate surface area is 160 Å². The second-order valence-corrected chi connectivity index (χ2v) is 6.31. The molecule has 0 fully saturated rings. The van der Waals surface area contributed by atoms with E-state index in [0.29, 0.717) is 37.5 Å². The maximum absolute atomic E-state index is 11.9. The van der Waals surface area contributed by atoms with Crippen LogP contribution in [0, 0.1) is 0 Å². The summed E-state index contributed by atoms with van der Waals surface area (Å²) in [5.41, 5.74) is 0.574. The topological polar surface area (TPSA) is 109 Å². The summed E-state index contributed by atoms with van der Waals surface area (Å²) < 4.78 is 5.05. The van der Waals surface area contributed by atoms with Crippen molar-refractivity contribution < 1.29 is 19.1 Å². The van der Waals surface area contributed by atoms with E-state index in [1.54, 1.807) is 31.4 Å². The molecule has 0 aliphatic rings. The van der Waals surface area contributed by atoms with Gasteiger partial charge in [0.15, 0.2) is 0 Å². The first-order valence-corrected chi connectivity index (χ1v) is 9.11. The highest BCUT2D eigenvalue weighted by Gasteiger charge is 2.07. The molecule has 0 heterocycles. The van der Waals surface area contributed by atoms with Gasteiger partial charge in [-0.2, -0.15) is 0 Å². The van der Waals surface area contributed by atoms with E-state index in [0.717, 1.165) is 0 Å². The Bertz CT molecular complexity index is 602. The smallest absolute Gasteiger partial charge is 0.251 e. The first kappa shape index (κ1) is 22.4. The summed E-state index contributed by atoms with van der Waals surface area (Å²) in [7, 11) is 1.58. The molecule has 0 atom stereocenters. The van der Waals surface area contributed by atoms with Crippen LogP contribution in [-0.2, 0) is 9.59 Å². The lowest BCUT2D eigenvalue weighted by atomic mass is 10.2. The highest BCUT2D eigenvalue weighted by Crippen LogP contribution is 2.10. The van der Waals surface area contributed by atoms with Gasteiger partial charge in [-0.3, -0.25) is 14.4 Å². The lowest BCUT2D eigenvalue weighted by Crippen LogP contribution is -2.37. The van der Waals surface area contributed by atoms with Gasteiger partial charge in [-0.1, -0.05) is 0 Å². The summed E-state index contributed by atoms with van der Waals surface area (Å²) in [4.78, 5) is 35.0. The summed E-state index contributed by atoms with van der Waals surface area (Å²) in [6.45, 7) is 5.88. The van der Waals surface area contributed by atoms with Crippen molar-refractivity contribution >= 4 is 17.7 Å². The second kappa shape index (κ2) is 12.7. The summed E-state index contributed by atoms with van der Waals surface area (Å²) >= 11 is 0. The van der Waals surface area contributed by atoms with E-state index in [4.69, 9.17) is 4.74 Å². The van der Waals surface area contributed by atoms with Gasteiger partial charge in [0.2, 0.25) is 11.8 Å². The number of amides is 3. The molecule has 4 N–H and O–H groups in total. The van der Waals surface area contributed by atoms with E-state index >= 15 is 0 Å². The van der Waals surface area contributed by atoms with Crippen LogP contribution in [-0.4, -0.2) is 57.1 Å². The van der Waals surface area contributed by atoms with Crippen LogP contribution in [0.3, 0.4) is 0 Å². The van der Waals surface area contributed by atoms with Gasteiger partial charge in [0, 0.05) is 50.6 Å². The van der Waals surface area contributed by atoms with Crippen molar-refractivity contribution in [1.29, 1.82) is 0 Å². The predicted octanol–water partition coefficient (Wildman–Crippen LogP) is 0.436. The van der Waals surface area contributed by atoms with Gasteiger partial charge < -0.3 is 26.0 Å². The molecule has 0 bridgehead atoms. The highest BCUT2D eigenvalue weighted by molar-refractivity contribution is 5.94. The Kier molecular flexibility index (Phi) is 10.5. The SMILES string of the molecule is COc1ccc(C(=O)NCCNCCNC(=O)CCC(=O)NC(C)C)cc1. The third kappa shape index (κ3) is 10.2. The standard InChI is InChI=1S/C19H30N4O4/c1-14(2)23-18(25)9-8-17(24)21-12-10-20-11-13-22-19(26)15-4-6-16(27-3)7-5-15/h4-7,14,20H,8-13H2,1-3H3,(H,21,24)(H,22,26)(H,23,25).